The quantitative estimate of drug-likeness (QED) is 0.451. The molecule has 162 valence electrons. The second-order valence-electron chi connectivity index (χ2n) is 8.22. The van der Waals surface area contributed by atoms with E-state index in [1.165, 1.54) is 11.3 Å². The number of benzene rings is 2. The van der Waals surface area contributed by atoms with E-state index < -0.39 is 0 Å². The van der Waals surface area contributed by atoms with Crippen molar-refractivity contribution in [3.63, 3.8) is 0 Å². The molecule has 0 saturated carbocycles. The van der Waals surface area contributed by atoms with Gasteiger partial charge in [-0.25, -0.2) is 0 Å². The Morgan fingerprint density at radius 3 is 2.50 bits per heavy atom. The predicted octanol–water partition coefficient (Wildman–Crippen LogP) is 4.92. The van der Waals surface area contributed by atoms with Crippen molar-refractivity contribution in [3.05, 3.63) is 76.8 Å². The molecule has 32 heavy (non-hydrogen) atoms. The molecule has 5 rings (SSSR count). The van der Waals surface area contributed by atoms with Gasteiger partial charge in [0.2, 0.25) is 5.91 Å². The summed E-state index contributed by atoms with van der Waals surface area (Å²) in [6.07, 6.45) is 0.263. The zero-order valence-corrected chi connectivity index (χ0v) is 19.1. The zero-order valence-electron chi connectivity index (χ0n) is 18.3. The lowest BCUT2D eigenvalue weighted by atomic mass is 10.1. The van der Waals surface area contributed by atoms with Crippen LogP contribution < -0.4 is 9.80 Å². The van der Waals surface area contributed by atoms with Gasteiger partial charge in [0.15, 0.2) is 0 Å². The summed E-state index contributed by atoms with van der Waals surface area (Å²) >= 11 is 1.44. The second-order valence-corrected chi connectivity index (χ2v) is 9.25. The molecule has 2 amide bonds. The molecule has 0 radical (unpaired) electrons. The van der Waals surface area contributed by atoms with Crippen LogP contribution in [0.3, 0.4) is 0 Å². The Balaban J connectivity index is 1.58. The number of carbonyl (C=O) groups is 2. The number of para-hydroxylation sites is 2. The molecule has 7 heteroatoms. The molecule has 1 aliphatic heterocycles. The lowest BCUT2D eigenvalue weighted by Gasteiger charge is -2.28. The molecule has 0 fully saturated rings. The number of nitrogens with zero attached hydrogens (tertiary/aromatic N) is 4. The molecule has 1 aliphatic rings. The molecule has 0 aliphatic carbocycles. The minimum Gasteiger partial charge on any atom is -0.306 e. The normalized spacial score (nSPS) is 16.3. The highest BCUT2D eigenvalue weighted by molar-refractivity contribution is 7.20. The lowest BCUT2D eigenvalue weighted by molar-refractivity contribution is -0.118. The number of fused-ring (bicyclic) bond motifs is 2. The van der Waals surface area contributed by atoms with Crippen molar-refractivity contribution in [2.45, 2.75) is 32.9 Å². The number of rotatable bonds is 3. The molecule has 0 saturated heterocycles. The molecule has 4 aromatic rings. The van der Waals surface area contributed by atoms with Crippen molar-refractivity contribution in [2.75, 3.05) is 9.80 Å². The number of hydrogen-bond acceptors (Lipinski definition) is 4. The third-order valence-corrected chi connectivity index (χ3v) is 7.14. The van der Waals surface area contributed by atoms with E-state index in [2.05, 4.69) is 5.10 Å². The van der Waals surface area contributed by atoms with E-state index in [-0.39, 0.29) is 24.3 Å². The Kier molecular flexibility index (Phi) is 5.06. The van der Waals surface area contributed by atoms with E-state index >= 15 is 0 Å². The summed E-state index contributed by atoms with van der Waals surface area (Å²) in [5.41, 5.74) is 3.49. The summed E-state index contributed by atoms with van der Waals surface area (Å²) in [6, 6.07) is 19.3. The minimum atomic E-state index is -0.263. The molecule has 3 heterocycles. The number of anilines is 2. The summed E-state index contributed by atoms with van der Waals surface area (Å²) in [6.45, 7) is 4.37. The number of carbonyl (C=O) groups excluding carboxylic acids is 2. The highest BCUT2D eigenvalue weighted by Gasteiger charge is 2.35. The molecule has 6 nitrogen and oxygen atoms in total. The van der Waals surface area contributed by atoms with Crippen molar-refractivity contribution in [3.8, 4) is 0 Å². The fraction of sp³-hybridized carbons (Fsp3) is 0.240. The van der Waals surface area contributed by atoms with Crippen LogP contribution in [-0.2, 0) is 18.4 Å². The van der Waals surface area contributed by atoms with Crippen LogP contribution in [0.15, 0.2) is 60.7 Å². The maximum atomic E-state index is 13.8. The van der Waals surface area contributed by atoms with Crippen molar-refractivity contribution < 1.29 is 9.59 Å². The molecule has 0 bridgehead atoms. The molecule has 0 N–H and O–H groups in total. The summed E-state index contributed by atoms with van der Waals surface area (Å²) in [4.78, 5) is 32.2. The van der Waals surface area contributed by atoms with Crippen molar-refractivity contribution >= 4 is 44.7 Å². The predicted molar refractivity (Wildman–Crippen MR) is 128 cm³/mol. The molecule has 2 aromatic carbocycles. The third kappa shape index (κ3) is 3.39. The first-order valence-electron chi connectivity index (χ1n) is 10.6. The van der Waals surface area contributed by atoms with E-state index in [1.807, 2.05) is 86.2 Å². The highest BCUT2D eigenvalue weighted by Crippen LogP contribution is 2.38. The maximum absolute atomic E-state index is 13.8. The van der Waals surface area contributed by atoms with Gasteiger partial charge in [-0.1, -0.05) is 42.5 Å². The SMILES string of the molecule is Cc1nn(C)c2sc(C(=O)N3c4ccccc4N(Cc4ccccc4)C(=O)C[C@H]3C)cc12. The van der Waals surface area contributed by atoms with Crippen molar-refractivity contribution in [1.82, 2.24) is 9.78 Å². The summed E-state index contributed by atoms with van der Waals surface area (Å²) in [5, 5.41) is 5.44. The van der Waals surface area contributed by atoms with Gasteiger partial charge in [0, 0.05) is 24.9 Å². The largest absolute Gasteiger partial charge is 0.306 e. The average Bonchev–Trinajstić information content (AvgIpc) is 3.31. The topological polar surface area (TPSA) is 58.4 Å². The number of aromatic nitrogens is 2. The van der Waals surface area contributed by atoms with Crippen molar-refractivity contribution in [2.24, 2.45) is 7.05 Å². The number of aryl methyl sites for hydroxylation is 2. The van der Waals surface area contributed by atoms with Crippen LogP contribution in [0.1, 0.15) is 34.3 Å². The van der Waals surface area contributed by atoms with Gasteiger partial charge in [-0.05, 0) is 37.6 Å². The van der Waals surface area contributed by atoms with E-state index in [4.69, 9.17) is 0 Å². The standard InChI is InChI=1S/C25H24N4O2S/c1-16-13-23(30)28(15-18-9-5-4-6-10-18)20-11-7-8-12-21(20)29(16)24(31)22-14-19-17(2)26-27(3)25(19)32-22/h4-12,14,16H,13,15H2,1-3H3/t16-/m1/s1. The Morgan fingerprint density at radius 2 is 1.78 bits per heavy atom. The minimum absolute atomic E-state index is 0.0143. The van der Waals surface area contributed by atoms with Gasteiger partial charge < -0.3 is 9.80 Å². The lowest BCUT2D eigenvalue weighted by Crippen LogP contribution is -2.39. The zero-order chi connectivity index (χ0) is 22.4. The second kappa shape index (κ2) is 7.91. The van der Waals surface area contributed by atoms with E-state index in [1.54, 1.807) is 9.80 Å². The summed E-state index contributed by atoms with van der Waals surface area (Å²) in [5.74, 6) is -0.0691. The Labute approximate surface area is 190 Å². The molecule has 2 aromatic heterocycles. The number of thiophene rings is 1. The smallest absolute Gasteiger partial charge is 0.268 e. The Hall–Kier alpha value is -3.45. The molecule has 1 atom stereocenters. The van der Waals surface area contributed by atoms with Crippen LogP contribution in [-0.4, -0.2) is 27.6 Å². The van der Waals surface area contributed by atoms with Gasteiger partial charge in [0.1, 0.15) is 4.83 Å². The van der Waals surface area contributed by atoms with Gasteiger partial charge in [0.05, 0.1) is 28.5 Å². The van der Waals surface area contributed by atoms with Crippen LogP contribution in [0.25, 0.3) is 10.2 Å². The maximum Gasteiger partial charge on any atom is 0.268 e. The molecule has 0 unspecified atom stereocenters. The van der Waals surface area contributed by atoms with E-state index in [0.29, 0.717) is 11.4 Å². The molecule has 0 spiro atoms. The molecular weight excluding hydrogens is 420 g/mol. The summed E-state index contributed by atoms with van der Waals surface area (Å²) in [7, 11) is 1.89. The van der Waals surface area contributed by atoms with Crippen LogP contribution in [0.2, 0.25) is 0 Å². The Bertz CT molecular complexity index is 1290. The first kappa shape index (κ1) is 20.5. The third-order valence-electron chi connectivity index (χ3n) is 5.95. The first-order chi connectivity index (χ1) is 15.4. The van der Waals surface area contributed by atoms with Gasteiger partial charge >= 0.3 is 0 Å². The monoisotopic (exact) mass is 444 g/mol. The van der Waals surface area contributed by atoms with Crippen LogP contribution in [0, 0.1) is 6.92 Å². The fourth-order valence-corrected chi connectivity index (χ4v) is 5.46. The van der Waals surface area contributed by atoms with Crippen LogP contribution in [0.5, 0.6) is 0 Å². The van der Waals surface area contributed by atoms with Gasteiger partial charge in [0.25, 0.3) is 5.91 Å². The average molecular weight is 445 g/mol. The fourth-order valence-electron chi connectivity index (χ4n) is 4.40. The van der Waals surface area contributed by atoms with Crippen LogP contribution in [0.4, 0.5) is 11.4 Å². The number of amides is 2. The van der Waals surface area contributed by atoms with E-state index in [0.717, 1.165) is 32.8 Å². The highest BCUT2D eigenvalue weighted by atomic mass is 32.1. The van der Waals surface area contributed by atoms with Crippen molar-refractivity contribution in [1.29, 1.82) is 0 Å². The van der Waals surface area contributed by atoms with Gasteiger partial charge in [-0.15, -0.1) is 11.3 Å². The van der Waals surface area contributed by atoms with E-state index in [9.17, 15) is 9.59 Å². The number of hydrogen-bond donors (Lipinski definition) is 0. The molecular formula is C25H24N4O2S. The van der Waals surface area contributed by atoms with Gasteiger partial charge in [-0.3, -0.25) is 14.3 Å². The summed E-state index contributed by atoms with van der Waals surface area (Å²) < 4.78 is 1.82. The Morgan fingerprint density at radius 1 is 1.09 bits per heavy atom. The first-order valence-corrected chi connectivity index (χ1v) is 11.5. The van der Waals surface area contributed by atoms with Crippen LogP contribution >= 0.6 is 11.3 Å². The van der Waals surface area contributed by atoms with Gasteiger partial charge in [-0.2, -0.15) is 5.10 Å².